The lowest BCUT2D eigenvalue weighted by atomic mass is 10.1. The van der Waals surface area contributed by atoms with E-state index in [4.69, 9.17) is 0 Å². The number of benzene rings is 1. The summed E-state index contributed by atoms with van der Waals surface area (Å²) in [5, 5.41) is 21.7. The number of likely N-dealkylation sites (tertiary alicyclic amines) is 1. The van der Waals surface area contributed by atoms with Crippen molar-refractivity contribution >= 4 is 16.6 Å². The molecule has 1 fully saturated rings. The third-order valence-corrected chi connectivity index (χ3v) is 3.95. The number of hydrogen-bond donors (Lipinski definition) is 1. The van der Waals surface area contributed by atoms with Gasteiger partial charge < -0.3 is 10.2 Å². The fourth-order valence-corrected chi connectivity index (χ4v) is 2.83. The monoisotopic (exact) mass is 281 g/mol. The molecule has 1 aromatic carbocycles. The van der Waals surface area contributed by atoms with Gasteiger partial charge in [0.2, 0.25) is 0 Å². The van der Waals surface area contributed by atoms with E-state index in [0.29, 0.717) is 5.69 Å². The molecule has 2 heterocycles. The van der Waals surface area contributed by atoms with Crippen molar-refractivity contribution in [2.75, 3.05) is 31.5 Å². The van der Waals surface area contributed by atoms with Crippen LogP contribution in [-0.4, -0.2) is 41.3 Å². The van der Waals surface area contributed by atoms with Gasteiger partial charge in [0.15, 0.2) is 5.69 Å². The molecule has 2 aromatic rings. The minimum absolute atomic E-state index is 0.368. The number of hydrogen-bond acceptors (Lipinski definition) is 5. The largest absolute Gasteiger partial charge is 0.381 e. The summed E-state index contributed by atoms with van der Waals surface area (Å²) >= 11 is 0. The first-order valence-electron chi connectivity index (χ1n) is 7.50. The predicted octanol–water partition coefficient (Wildman–Crippen LogP) is 2.40. The van der Waals surface area contributed by atoms with Crippen LogP contribution in [-0.2, 0) is 0 Å². The summed E-state index contributed by atoms with van der Waals surface area (Å²) in [7, 11) is 0. The van der Waals surface area contributed by atoms with E-state index >= 15 is 0 Å². The highest BCUT2D eigenvalue weighted by molar-refractivity contribution is 5.92. The molecule has 1 N–H and O–H groups in total. The van der Waals surface area contributed by atoms with Crippen molar-refractivity contribution < 1.29 is 0 Å². The van der Waals surface area contributed by atoms with Crippen LogP contribution in [0.4, 0.5) is 5.69 Å². The molecule has 0 atom stereocenters. The molecule has 1 aromatic heterocycles. The third-order valence-electron chi connectivity index (χ3n) is 3.95. The maximum absolute atomic E-state index is 9.22. The van der Waals surface area contributed by atoms with E-state index in [-0.39, 0.29) is 0 Å². The first-order chi connectivity index (χ1) is 10.4. The van der Waals surface area contributed by atoms with Crippen molar-refractivity contribution in [2.45, 2.75) is 19.3 Å². The lowest BCUT2D eigenvalue weighted by Crippen LogP contribution is -2.33. The average Bonchev–Trinajstić information content (AvgIpc) is 2.56. The predicted molar refractivity (Wildman–Crippen MR) is 83.0 cm³/mol. The Bertz CT molecular complexity index is 655. The first-order valence-corrected chi connectivity index (χ1v) is 7.50. The molecule has 5 heteroatoms. The molecule has 5 nitrogen and oxygen atoms in total. The number of nitriles is 1. The van der Waals surface area contributed by atoms with Crippen molar-refractivity contribution in [3.63, 3.8) is 0 Å². The molecule has 0 saturated carbocycles. The minimum Gasteiger partial charge on any atom is -0.381 e. The Kier molecular flexibility index (Phi) is 4.27. The van der Waals surface area contributed by atoms with Crippen molar-refractivity contribution in [3.8, 4) is 6.07 Å². The summed E-state index contributed by atoms with van der Waals surface area (Å²) in [6.07, 6.45) is 3.94. The molecule has 1 aliphatic rings. The van der Waals surface area contributed by atoms with E-state index in [1.54, 1.807) is 0 Å². The molecule has 0 spiro atoms. The van der Waals surface area contributed by atoms with E-state index in [9.17, 15) is 5.26 Å². The summed E-state index contributed by atoms with van der Waals surface area (Å²) in [6.45, 7) is 4.19. The Labute approximate surface area is 124 Å². The maximum Gasteiger partial charge on any atom is 0.186 e. The number of rotatable bonds is 4. The van der Waals surface area contributed by atoms with E-state index < -0.39 is 0 Å². The number of nitrogens with one attached hydrogen (secondary N) is 1. The van der Waals surface area contributed by atoms with Crippen LogP contribution in [0.2, 0.25) is 0 Å². The third kappa shape index (κ3) is 3.11. The SMILES string of the molecule is N#Cc1nnc2ccccc2c1NCCN1CCCCC1. The summed E-state index contributed by atoms with van der Waals surface area (Å²) < 4.78 is 0. The highest BCUT2D eigenvalue weighted by Crippen LogP contribution is 2.23. The van der Waals surface area contributed by atoms with Gasteiger partial charge in [0, 0.05) is 18.5 Å². The zero-order valence-electron chi connectivity index (χ0n) is 12.0. The van der Waals surface area contributed by atoms with Gasteiger partial charge in [0.1, 0.15) is 6.07 Å². The lowest BCUT2D eigenvalue weighted by Gasteiger charge is -2.26. The molecule has 1 aliphatic heterocycles. The molecular formula is C16H19N5. The van der Waals surface area contributed by atoms with Gasteiger partial charge in [-0.05, 0) is 32.0 Å². The molecular weight excluding hydrogens is 262 g/mol. The highest BCUT2D eigenvalue weighted by atomic mass is 15.2. The summed E-state index contributed by atoms with van der Waals surface area (Å²) in [5.74, 6) is 0. The van der Waals surface area contributed by atoms with Crippen molar-refractivity contribution in [2.24, 2.45) is 0 Å². The number of anilines is 1. The summed E-state index contributed by atoms with van der Waals surface area (Å²) in [4.78, 5) is 2.47. The van der Waals surface area contributed by atoms with Gasteiger partial charge in [0.25, 0.3) is 0 Å². The second-order valence-corrected chi connectivity index (χ2v) is 5.38. The van der Waals surface area contributed by atoms with Gasteiger partial charge in [-0.2, -0.15) is 5.26 Å². The molecule has 0 aliphatic carbocycles. The van der Waals surface area contributed by atoms with Gasteiger partial charge >= 0.3 is 0 Å². The fraction of sp³-hybridized carbons (Fsp3) is 0.438. The zero-order chi connectivity index (χ0) is 14.5. The molecule has 1 saturated heterocycles. The molecule has 0 bridgehead atoms. The summed E-state index contributed by atoms with van der Waals surface area (Å²) in [6, 6.07) is 9.91. The van der Waals surface area contributed by atoms with Crippen molar-refractivity contribution in [1.82, 2.24) is 15.1 Å². The maximum atomic E-state index is 9.22. The van der Waals surface area contributed by atoms with Gasteiger partial charge in [-0.15, -0.1) is 10.2 Å². The van der Waals surface area contributed by atoms with Crippen LogP contribution < -0.4 is 5.32 Å². The Hall–Kier alpha value is -2.19. The van der Waals surface area contributed by atoms with Crippen LogP contribution in [0.3, 0.4) is 0 Å². The number of fused-ring (bicyclic) bond motifs is 1. The van der Waals surface area contributed by atoms with E-state index in [1.165, 1.54) is 32.4 Å². The second-order valence-electron chi connectivity index (χ2n) is 5.38. The van der Waals surface area contributed by atoms with E-state index in [1.807, 2.05) is 24.3 Å². The van der Waals surface area contributed by atoms with Gasteiger partial charge in [-0.3, -0.25) is 0 Å². The molecule has 0 radical (unpaired) electrons. The van der Waals surface area contributed by atoms with Gasteiger partial charge in [-0.25, -0.2) is 0 Å². The number of piperidine rings is 1. The molecule has 21 heavy (non-hydrogen) atoms. The average molecular weight is 281 g/mol. The Morgan fingerprint density at radius 2 is 1.95 bits per heavy atom. The molecule has 3 rings (SSSR count). The normalized spacial score (nSPS) is 15.8. The topological polar surface area (TPSA) is 64.8 Å². The zero-order valence-corrected chi connectivity index (χ0v) is 12.0. The van der Waals surface area contributed by atoms with Crippen LogP contribution in [0, 0.1) is 11.3 Å². The van der Waals surface area contributed by atoms with Crippen LogP contribution in [0.1, 0.15) is 25.0 Å². The van der Waals surface area contributed by atoms with Crippen molar-refractivity contribution in [3.05, 3.63) is 30.0 Å². The Morgan fingerprint density at radius 1 is 1.14 bits per heavy atom. The molecule has 108 valence electrons. The first kappa shape index (κ1) is 13.8. The summed E-state index contributed by atoms with van der Waals surface area (Å²) in [5.41, 5.74) is 1.99. The van der Waals surface area contributed by atoms with Crippen LogP contribution in [0.15, 0.2) is 24.3 Å². The van der Waals surface area contributed by atoms with E-state index in [0.717, 1.165) is 29.7 Å². The Balaban J connectivity index is 1.74. The van der Waals surface area contributed by atoms with Gasteiger partial charge in [0.05, 0.1) is 11.2 Å². The van der Waals surface area contributed by atoms with Crippen molar-refractivity contribution in [1.29, 1.82) is 5.26 Å². The van der Waals surface area contributed by atoms with E-state index in [2.05, 4.69) is 26.5 Å². The van der Waals surface area contributed by atoms with Crippen LogP contribution in [0.5, 0.6) is 0 Å². The number of aromatic nitrogens is 2. The highest BCUT2D eigenvalue weighted by Gasteiger charge is 2.12. The van der Waals surface area contributed by atoms with Gasteiger partial charge in [-0.1, -0.05) is 24.6 Å². The Morgan fingerprint density at radius 3 is 2.76 bits per heavy atom. The van der Waals surface area contributed by atoms with Crippen LogP contribution in [0.25, 0.3) is 10.9 Å². The molecule has 0 amide bonds. The number of nitrogens with zero attached hydrogens (tertiary/aromatic N) is 4. The molecule has 0 unspecified atom stereocenters. The second kappa shape index (κ2) is 6.51. The quantitative estimate of drug-likeness (QED) is 0.932. The lowest BCUT2D eigenvalue weighted by molar-refractivity contribution is 0.237. The fourth-order valence-electron chi connectivity index (χ4n) is 2.83. The van der Waals surface area contributed by atoms with Crippen LogP contribution >= 0.6 is 0 Å². The minimum atomic E-state index is 0.368. The smallest absolute Gasteiger partial charge is 0.186 e. The standard InChI is InChI=1S/C16H19N5/c17-12-15-16(13-6-2-3-7-14(13)19-20-15)18-8-11-21-9-4-1-5-10-21/h2-3,6-7H,1,4-5,8-11H2,(H,18,19).